The van der Waals surface area contributed by atoms with Gasteiger partial charge in [-0.25, -0.2) is 0 Å². The molecule has 0 bridgehead atoms. The quantitative estimate of drug-likeness (QED) is 0.818. The minimum absolute atomic E-state index is 0. The van der Waals surface area contributed by atoms with Crippen LogP contribution in [-0.4, -0.2) is 5.91 Å². The smallest absolute Gasteiger partial charge is 0.225 e. The predicted molar refractivity (Wildman–Crippen MR) is 102 cm³/mol. The third-order valence-electron chi connectivity index (χ3n) is 4.34. The van der Waals surface area contributed by atoms with Crippen LogP contribution < -0.4 is 11.1 Å². The number of halogens is 1. The molecule has 0 aliphatic carbocycles. The minimum atomic E-state index is -0.299. The van der Waals surface area contributed by atoms with Crippen molar-refractivity contribution in [2.75, 3.05) is 0 Å². The molecule has 0 saturated carbocycles. The molecule has 2 rings (SSSR count). The van der Waals surface area contributed by atoms with Gasteiger partial charge in [-0.1, -0.05) is 74.0 Å². The number of hydrogen-bond donors (Lipinski definition) is 2. The summed E-state index contributed by atoms with van der Waals surface area (Å²) >= 11 is 0. The molecule has 0 aliphatic heterocycles. The van der Waals surface area contributed by atoms with Crippen molar-refractivity contribution in [3.63, 3.8) is 0 Å². The Bertz CT molecular complexity index is 628. The molecule has 0 heterocycles. The number of nitrogens with two attached hydrogens (primary N) is 1. The van der Waals surface area contributed by atoms with Crippen LogP contribution >= 0.6 is 12.4 Å². The van der Waals surface area contributed by atoms with Gasteiger partial charge in [0.05, 0.1) is 12.0 Å². The van der Waals surface area contributed by atoms with Crippen LogP contribution in [0.5, 0.6) is 0 Å². The maximum absolute atomic E-state index is 12.6. The van der Waals surface area contributed by atoms with Gasteiger partial charge in [-0.3, -0.25) is 4.79 Å². The Balaban J connectivity index is 0.00000288. The fraction of sp³-hybridized carbons (Fsp3) is 0.350. The van der Waals surface area contributed by atoms with Gasteiger partial charge in [-0.15, -0.1) is 12.4 Å². The summed E-state index contributed by atoms with van der Waals surface area (Å²) in [6.45, 7) is 6.02. The highest BCUT2D eigenvalue weighted by Crippen LogP contribution is 2.22. The van der Waals surface area contributed by atoms with E-state index in [-0.39, 0.29) is 36.3 Å². The Kier molecular flexibility index (Phi) is 7.96. The number of rotatable bonds is 6. The second kappa shape index (κ2) is 9.45. The maximum atomic E-state index is 12.6. The summed E-state index contributed by atoms with van der Waals surface area (Å²) in [6.07, 6.45) is 0.849. The molecule has 3 atom stereocenters. The largest absolute Gasteiger partial charge is 0.349 e. The van der Waals surface area contributed by atoms with E-state index in [9.17, 15) is 4.79 Å². The Morgan fingerprint density at radius 3 is 2.17 bits per heavy atom. The monoisotopic (exact) mass is 346 g/mol. The molecule has 130 valence electrons. The van der Waals surface area contributed by atoms with Crippen molar-refractivity contribution >= 4 is 18.3 Å². The van der Waals surface area contributed by atoms with Gasteiger partial charge in [0, 0.05) is 6.04 Å². The van der Waals surface area contributed by atoms with Gasteiger partial charge in [-0.05, 0) is 24.5 Å². The van der Waals surface area contributed by atoms with E-state index in [1.807, 2.05) is 37.3 Å². The number of carbonyl (C=O) groups is 1. The zero-order valence-electron chi connectivity index (χ0n) is 14.5. The minimum Gasteiger partial charge on any atom is -0.349 e. The second-order valence-electron chi connectivity index (χ2n) is 6.11. The molecule has 0 spiro atoms. The summed E-state index contributed by atoms with van der Waals surface area (Å²) in [5, 5.41) is 3.13. The average molecular weight is 347 g/mol. The molecule has 3 N–H and O–H groups in total. The molecule has 2 aromatic carbocycles. The second-order valence-corrected chi connectivity index (χ2v) is 6.11. The Hall–Kier alpha value is -1.84. The summed E-state index contributed by atoms with van der Waals surface area (Å²) in [5.74, 6) is -0.286. The van der Waals surface area contributed by atoms with Gasteiger partial charge >= 0.3 is 0 Å². The number of nitrogens with one attached hydrogen (secondary N) is 1. The van der Waals surface area contributed by atoms with Crippen LogP contribution in [0.25, 0.3) is 0 Å². The molecular formula is C20H27ClN2O. The summed E-state index contributed by atoms with van der Waals surface area (Å²) in [4.78, 5) is 12.6. The lowest BCUT2D eigenvalue weighted by Crippen LogP contribution is -2.37. The lowest BCUT2D eigenvalue weighted by atomic mass is 9.93. The van der Waals surface area contributed by atoms with E-state index in [0.29, 0.717) is 0 Å². The van der Waals surface area contributed by atoms with E-state index in [1.165, 1.54) is 5.56 Å². The lowest BCUT2D eigenvalue weighted by Gasteiger charge is -2.24. The molecular weight excluding hydrogens is 320 g/mol. The van der Waals surface area contributed by atoms with Crippen LogP contribution in [-0.2, 0) is 4.79 Å². The first kappa shape index (κ1) is 20.2. The molecule has 24 heavy (non-hydrogen) atoms. The maximum Gasteiger partial charge on any atom is 0.225 e. The Morgan fingerprint density at radius 1 is 1.04 bits per heavy atom. The van der Waals surface area contributed by atoms with Gasteiger partial charge in [0.1, 0.15) is 0 Å². The van der Waals surface area contributed by atoms with E-state index in [1.54, 1.807) is 0 Å². The number of carbonyl (C=O) groups excluding carboxylic acids is 1. The van der Waals surface area contributed by atoms with E-state index in [2.05, 4.69) is 43.4 Å². The highest BCUT2D eigenvalue weighted by molar-refractivity contribution is 5.85. The number of aryl methyl sites for hydroxylation is 1. The Morgan fingerprint density at radius 2 is 1.62 bits per heavy atom. The average Bonchev–Trinajstić information content (AvgIpc) is 2.59. The SMILES string of the molecule is CCC(NC(=O)C(C)C(N)c1ccccc1)c1ccc(C)cc1.Cl. The fourth-order valence-electron chi connectivity index (χ4n) is 2.65. The third-order valence-corrected chi connectivity index (χ3v) is 4.34. The molecule has 0 saturated heterocycles. The number of hydrogen-bond acceptors (Lipinski definition) is 2. The van der Waals surface area contributed by atoms with Crippen LogP contribution in [0.3, 0.4) is 0 Å². The first-order chi connectivity index (χ1) is 11.0. The van der Waals surface area contributed by atoms with Gasteiger partial charge in [0.2, 0.25) is 5.91 Å². The molecule has 2 aromatic rings. The van der Waals surface area contributed by atoms with E-state index >= 15 is 0 Å². The molecule has 4 heteroatoms. The first-order valence-electron chi connectivity index (χ1n) is 8.20. The molecule has 0 fully saturated rings. The molecule has 3 unspecified atom stereocenters. The summed E-state index contributed by atoms with van der Waals surface area (Å²) in [7, 11) is 0. The molecule has 0 aliphatic rings. The van der Waals surface area contributed by atoms with E-state index in [0.717, 1.165) is 17.5 Å². The summed E-state index contributed by atoms with van der Waals surface area (Å²) in [5.41, 5.74) is 9.59. The molecule has 3 nitrogen and oxygen atoms in total. The van der Waals surface area contributed by atoms with Gasteiger partial charge in [0.25, 0.3) is 0 Å². The lowest BCUT2D eigenvalue weighted by molar-refractivity contribution is -0.126. The normalized spacial score (nSPS) is 14.2. The summed E-state index contributed by atoms with van der Waals surface area (Å²) in [6, 6.07) is 17.8. The van der Waals surface area contributed by atoms with E-state index in [4.69, 9.17) is 5.73 Å². The van der Waals surface area contributed by atoms with Crippen LogP contribution in [0.2, 0.25) is 0 Å². The number of benzene rings is 2. The number of amides is 1. The van der Waals surface area contributed by atoms with Crippen molar-refractivity contribution in [1.82, 2.24) is 5.32 Å². The van der Waals surface area contributed by atoms with Crippen LogP contribution in [0, 0.1) is 12.8 Å². The van der Waals surface area contributed by atoms with Crippen LogP contribution in [0.1, 0.15) is 49.0 Å². The van der Waals surface area contributed by atoms with Crippen LogP contribution in [0.4, 0.5) is 0 Å². The Labute approximate surface area is 151 Å². The fourth-order valence-corrected chi connectivity index (χ4v) is 2.65. The zero-order valence-corrected chi connectivity index (χ0v) is 15.3. The molecule has 0 aromatic heterocycles. The summed E-state index contributed by atoms with van der Waals surface area (Å²) < 4.78 is 0. The van der Waals surface area contributed by atoms with Gasteiger partial charge < -0.3 is 11.1 Å². The third kappa shape index (κ3) is 5.08. The van der Waals surface area contributed by atoms with Crippen molar-refractivity contribution in [2.45, 2.75) is 39.3 Å². The van der Waals surface area contributed by atoms with Crippen molar-refractivity contribution < 1.29 is 4.79 Å². The predicted octanol–water partition coefficient (Wildman–Crippen LogP) is 4.32. The first-order valence-corrected chi connectivity index (χ1v) is 8.20. The highest BCUT2D eigenvalue weighted by atomic mass is 35.5. The standard InChI is InChI=1S/C20H26N2O.ClH/c1-4-18(16-12-10-14(2)11-13-16)22-20(23)15(3)19(21)17-8-6-5-7-9-17;/h5-13,15,18-19H,4,21H2,1-3H3,(H,22,23);1H. The van der Waals surface area contributed by atoms with Crippen molar-refractivity contribution in [1.29, 1.82) is 0 Å². The molecule has 1 amide bonds. The zero-order chi connectivity index (χ0) is 16.8. The van der Waals surface area contributed by atoms with Crippen molar-refractivity contribution in [3.8, 4) is 0 Å². The highest BCUT2D eigenvalue weighted by Gasteiger charge is 2.24. The van der Waals surface area contributed by atoms with Gasteiger partial charge in [0.15, 0.2) is 0 Å². The topological polar surface area (TPSA) is 55.1 Å². The molecule has 0 radical (unpaired) electrons. The van der Waals surface area contributed by atoms with E-state index < -0.39 is 0 Å². The van der Waals surface area contributed by atoms with Crippen LogP contribution in [0.15, 0.2) is 54.6 Å². The van der Waals surface area contributed by atoms with Gasteiger partial charge in [-0.2, -0.15) is 0 Å². The van der Waals surface area contributed by atoms with Crippen molar-refractivity contribution in [2.24, 2.45) is 11.7 Å². The van der Waals surface area contributed by atoms with Crippen molar-refractivity contribution in [3.05, 3.63) is 71.3 Å².